The summed E-state index contributed by atoms with van der Waals surface area (Å²) in [5.41, 5.74) is 5.22. The molecule has 0 aliphatic carbocycles. The van der Waals surface area contributed by atoms with Crippen LogP contribution in [0, 0.1) is 0 Å². The van der Waals surface area contributed by atoms with E-state index in [9.17, 15) is 0 Å². The number of ether oxygens (including phenoxy) is 3. The highest BCUT2D eigenvalue weighted by Crippen LogP contribution is 2.31. The Bertz CT molecular complexity index is 1440. The number of methoxy groups -OCH3 is 1. The number of aromatic nitrogens is 4. The molecule has 11 heteroatoms. The van der Waals surface area contributed by atoms with E-state index in [1.165, 1.54) is 11.1 Å². The van der Waals surface area contributed by atoms with Crippen LogP contribution in [-0.4, -0.2) is 77.3 Å². The van der Waals surface area contributed by atoms with Gasteiger partial charge in [-0.25, -0.2) is 9.67 Å². The van der Waals surface area contributed by atoms with Crippen molar-refractivity contribution in [1.82, 2.24) is 24.6 Å². The average molecular weight is 562 g/mol. The van der Waals surface area contributed by atoms with Crippen LogP contribution < -0.4 is 15.4 Å². The summed E-state index contributed by atoms with van der Waals surface area (Å²) < 4.78 is 18.6. The number of nitrogens with zero attached hydrogens (tertiary/aromatic N) is 5. The first-order valence-electron chi connectivity index (χ1n) is 13.4. The minimum Gasteiger partial charge on any atom is -0.497 e. The summed E-state index contributed by atoms with van der Waals surface area (Å²) in [6.07, 6.45) is 7.32. The molecule has 1 atom stereocenters. The van der Waals surface area contributed by atoms with E-state index in [2.05, 4.69) is 48.8 Å². The number of anilines is 4. The van der Waals surface area contributed by atoms with Crippen LogP contribution in [-0.2, 0) is 22.3 Å². The van der Waals surface area contributed by atoms with Crippen molar-refractivity contribution in [3.63, 3.8) is 0 Å². The van der Waals surface area contributed by atoms with E-state index in [1.807, 2.05) is 30.5 Å². The van der Waals surface area contributed by atoms with E-state index >= 15 is 0 Å². The summed E-state index contributed by atoms with van der Waals surface area (Å²) in [6, 6.07) is 14.0. The maximum Gasteiger partial charge on any atom is 0.229 e. The van der Waals surface area contributed by atoms with Gasteiger partial charge in [-0.15, -0.1) is 0 Å². The maximum absolute atomic E-state index is 6.50. The molecule has 2 aromatic heterocycles. The number of nitrogens with one attached hydrogen (secondary N) is 2. The predicted octanol–water partition coefficient (Wildman–Crippen LogP) is 4.63. The molecule has 4 aromatic rings. The normalized spacial score (nSPS) is 17.6. The van der Waals surface area contributed by atoms with Gasteiger partial charge in [0.05, 0.1) is 50.6 Å². The van der Waals surface area contributed by atoms with Crippen LogP contribution >= 0.6 is 11.6 Å². The Morgan fingerprint density at radius 3 is 2.77 bits per heavy atom. The Hall–Kier alpha value is -3.70. The van der Waals surface area contributed by atoms with Crippen LogP contribution in [0.1, 0.15) is 11.1 Å². The Labute approximate surface area is 238 Å². The van der Waals surface area contributed by atoms with Crippen molar-refractivity contribution >= 4 is 34.7 Å². The molecule has 0 spiro atoms. The highest BCUT2D eigenvalue weighted by molar-refractivity contribution is 6.33. The number of fused-ring (bicyclic) bond motifs is 1. The highest BCUT2D eigenvalue weighted by Gasteiger charge is 2.21. The van der Waals surface area contributed by atoms with Crippen molar-refractivity contribution in [2.24, 2.45) is 0 Å². The van der Waals surface area contributed by atoms with Gasteiger partial charge in [0.25, 0.3) is 0 Å². The summed E-state index contributed by atoms with van der Waals surface area (Å²) in [7, 11) is 1.63. The predicted molar refractivity (Wildman–Crippen MR) is 155 cm³/mol. The highest BCUT2D eigenvalue weighted by atomic mass is 35.5. The van der Waals surface area contributed by atoms with E-state index in [1.54, 1.807) is 24.2 Å². The van der Waals surface area contributed by atoms with Crippen LogP contribution in [0.2, 0.25) is 5.02 Å². The molecule has 1 saturated heterocycles. The first-order chi connectivity index (χ1) is 19.6. The summed E-state index contributed by atoms with van der Waals surface area (Å²) in [5.74, 6) is 1.65. The molecule has 208 valence electrons. The summed E-state index contributed by atoms with van der Waals surface area (Å²) in [6.45, 7) is 4.97. The molecular weight excluding hydrogens is 530 g/mol. The monoisotopic (exact) mass is 561 g/mol. The molecule has 1 fully saturated rings. The van der Waals surface area contributed by atoms with Crippen LogP contribution in [0.4, 0.5) is 23.1 Å². The smallest absolute Gasteiger partial charge is 0.229 e. The van der Waals surface area contributed by atoms with Gasteiger partial charge < -0.3 is 29.7 Å². The molecule has 6 rings (SSSR count). The average Bonchev–Trinajstić information content (AvgIpc) is 3.45. The summed E-state index contributed by atoms with van der Waals surface area (Å²) in [4.78, 5) is 11.6. The van der Waals surface area contributed by atoms with Gasteiger partial charge in [0, 0.05) is 43.8 Å². The van der Waals surface area contributed by atoms with Crippen molar-refractivity contribution < 1.29 is 14.2 Å². The van der Waals surface area contributed by atoms with Gasteiger partial charge in [-0.2, -0.15) is 10.1 Å². The van der Waals surface area contributed by atoms with Crippen molar-refractivity contribution in [2.75, 3.05) is 57.2 Å². The van der Waals surface area contributed by atoms with Gasteiger partial charge >= 0.3 is 0 Å². The second kappa shape index (κ2) is 12.2. The Kier molecular flexibility index (Phi) is 8.10. The third-order valence-electron chi connectivity index (χ3n) is 7.16. The van der Waals surface area contributed by atoms with Crippen molar-refractivity contribution in [2.45, 2.75) is 18.9 Å². The lowest BCUT2D eigenvalue weighted by Crippen LogP contribution is -2.41. The minimum absolute atomic E-state index is 0.158. The lowest BCUT2D eigenvalue weighted by molar-refractivity contribution is -0.0972. The van der Waals surface area contributed by atoms with Gasteiger partial charge in [0.2, 0.25) is 5.95 Å². The van der Waals surface area contributed by atoms with Gasteiger partial charge in [-0.05, 0) is 54.3 Å². The lowest BCUT2D eigenvalue weighted by atomic mass is 10.0. The largest absolute Gasteiger partial charge is 0.497 e. The van der Waals surface area contributed by atoms with Crippen LogP contribution in [0.15, 0.2) is 61.1 Å². The number of hydrogen-bond donors (Lipinski definition) is 2. The van der Waals surface area contributed by atoms with Crippen molar-refractivity contribution in [3.8, 4) is 11.4 Å². The molecule has 1 unspecified atom stereocenters. The number of halogens is 1. The molecule has 0 saturated carbocycles. The van der Waals surface area contributed by atoms with E-state index in [-0.39, 0.29) is 6.10 Å². The molecule has 2 N–H and O–H groups in total. The quantitative estimate of drug-likeness (QED) is 0.319. The standard InChI is InChI=1S/C29H32ClN7O3/c1-38-23-5-6-26(27(16-23)37-10-2-9-32-37)34-28-25(30)17-31-29(35-28)33-22-4-3-20-7-11-36(12-8-21(20)15-22)18-24-19-39-13-14-40-24/h2-6,9-10,15-17,24H,7-8,11-14,18-19H2,1H3,(H2,31,33,34,35). The van der Waals surface area contributed by atoms with Crippen LogP contribution in [0.5, 0.6) is 5.75 Å². The molecule has 40 heavy (non-hydrogen) atoms. The van der Waals surface area contributed by atoms with Crippen LogP contribution in [0.3, 0.4) is 0 Å². The fraction of sp³-hybridized carbons (Fsp3) is 0.345. The van der Waals surface area contributed by atoms with E-state index in [0.29, 0.717) is 36.6 Å². The van der Waals surface area contributed by atoms with E-state index in [4.69, 9.17) is 25.8 Å². The fourth-order valence-corrected chi connectivity index (χ4v) is 5.22. The number of hydrogen-bond acceptors (Lipinski definition) is 9. The third-order valence-corrected chi connectivity index (χ3v) is 7.43. The first-order valence-corrected chi connectivity index (χ1v) is 13.8. The summed E-state index contributed by atoms with van der Waals surface area (Å²) in [5, 5.41) is 11.5. The molecule has 0 amide bonds. The summed E-state index contributed by atoms with van der Waals surface area (Å²) >= 11 is 6.50. The second-order valence-corrected chi connectivity index (χ2v) is 10.2. The zero-order valence-corrected chi connectivity index (χ0v) is 23.1. The van der Waals surface area contributed by atoms with Crippen LogP contribution in [0.25, 0.3) is 5.69 Å². The minimum atomic E-state index is 0.158. The van der Waals surface area contributed by atoms with Crippen molar-refractivity contribution in [1.29, 1.82) is 0 Å². The molecule has 0 bridgehead atoms. The Balaban J connectivity index is 1.16. The van der Waals surface area contributed by atoms with Gasteiger partial charge in [0.1, 0.15) is 10.8 Å². The Morgan fingerprint density at radius 2 is 1.98 bits per heavy atom. The molecule has 0 radical (unpaired) electrons. The van der Waals surface area contributed by atoms with Gasteiger partial charge in [-0.3, -0.25) is 0 Å². The molecule has 2 aliphatic rings. The van der Waals surface area contributed by atoms with Gasteiger partial charge in [0.15, 0.2) is 5.82 Å². The van der Waals surface area contributed by atoms with Gasteiger partial charge in [-0.1, -0.05) is 17.7 Å². The topological polar surface area (TPSA) is 98.6 Å². The molecule has 2 aromatic carbocycles. The number of rotatable bonds is 8. The van der Waals surface area contributed by atoms with E-state index < -0.39 is 0 Å². The zero-order chi connectivity index (χ0) is 27.3. The lowest BCUT2D eigenvalue weighted by Gasteiger charge is -2.28. The number of benzene rings is 2. The third kappa shape index (κ3) is 6.20. The van der Waals surface area contributed by atoms with Crippen molar-refractivity contribution in [3.05, 3.63) is 77.2 Å². The SMILES string of the molecule is COc1ccc(Nc2nc(Nc3ccc4c(c3)CCN(CC3COCCO3)CC4)ncc2Cl)c(-n2cccn2)c1. The first kappa shape index (κ1) is 26.5. The molecule has 2 aliphatic heterocycles. The molecule has 10 nitrogen and oxygen atoms in total. The molecule has 4 heterocycles. The molecular formula is C29H32ClN7O3. The van der Waals surface area contributed by atoms with E-state index in [0.717, 1.165) is 55.3 Å². The second-order valence-electron chi connectivity index (χ2n) is 9.83. The Morgan fingerprint density at radius 1 is 1.07 bits per heavy atom. The zero-order valence-electron chi connectivity index (χ0n) is 22.3. The maximum atomic E-state index is 6.50. The fourth-order valence-electron chi connectivity index (χ4n) is 5.08.